The van der Waals surface area contributed by atoms with Gasteiger partial charge in [0, 0.05) is 5.39 Å². The van der Waals surface area contributed by atoms with E-state index in [4.69, 9.17) is 0 Å². The molecule has 1 aromatic carbocycles. The van der Waals surface area contributed by atoms with Crippen LogP contribution in [0.1, 0.15) is 26.0 Å². The van der Waals surface area contributed by atoms with Crippen molar-refractivity contribution >= 4 is 22.6 Å². The molecule has 0 aliphatic rings. The maximum atomic E-state index is 12.2. The summed E-state index contributed by atoms with van der Waals surface area (Å²) in [6, 6.07) is 5.90. The Bertz CT molecular complexity index is 784. The summed E-state index contributed by atoms with van der Waals surface area (Å²) < 4.78 is 0. The topological polar surface area (TPSA) is 112 Å². The minimum atomic E-state index is -1.06. The molecule has 122 valence electrons. The summed E-state index contributed by atoms with van der Waals surface area (Å²) in [5, 5.41) is 19.1. The monoisotopic (exact) mass is 317 g/mol. The maximum absolute atomic E-state index is 12.2. The molecular weight excluding hydrogens is 298 g/mol. The number of H-pyrrole nitrogens is 1. The smallest absolute Gasteiger partial charge is 0.326 e. The number of aromatic nitrogens is 2. The van der Waals surface area contributed by atoms with Gasteiger partial charge in [0.15, 0.2) is 0 Å². The number of benzene rings is 1. The summed E-state index contributed by atoms with van der Waals surface area (Å²) in [7, 11) is 0. The molecule has 2 rings (SSSR count). The van der Waals surface area contributed by atoms with Gasteiger partial charge in [-0.2, -0.15) is 5.10 Å². The molecule has 2 atom stereocenters. The predicted molar refractivity (Wildman–Crippen MR) is 85.1 cm³/mol. The first-order valence-corrected chi connectivity index (χ1v) is 7.42. The van der Waals surface area contributed by atoms with E-state index in [1.54, 1.807) is 31.2 Å². The van der Waals surface area contributed by atoms with Crippen LogP contribution in [0.25, 0.3) is 10.8 Å². The van der Waals surface area contributed by atoms with Crippen molar-refractivity contribution in [2.45, 2.75) is 32.7 Å². The predicted octanol–water partition coefficient (Wildman–Crippen LogP) is 1.08. The van der Waals surface area contributed by atoms with Crippen LogP contribution in [0.5, 0.6) is 0 Å². The average molecular weight is 317 g/mol. The molecule has 3 N–H and O–H groups in total. The van der Waals surface area contributed by atoms with Gasteiger partial charge in [-0.1, -0.05) is 38.5 Å². The third kappa shape index (κ3) is 3.74. The summed E-state index contributed by atoms with van der Waals surface area (Å²) >= 11 is 0. The van der Waals surface area contributed by atoms with Crippen molar-refractivity contribution in [1.82, 2.24) is 15.5 Å². The Balaban J connectivity index is 2.22. The van der Waals surface area contributed by atoms with E-state index in [0.29, 0.717) is 22.9 Å². The van der Waals surface area contributed by atoms with Crippen LogP contribution in [0, 0.1) is 5.92 Å². The largest absolute Gasteiger partial charge is 0.480 e. The van der Waals surface area contributed by atoms with Crippen LogP contribution in [-0.2, 0) is 16.0 Å². The van der Waals surface area contributed by atoms with Crippen LogP contribution in [-0.4, -0.2) is 33.2 Å². The number of hydrogen-bond acceptors (Lipinski definition) is 4. The summed E-state index contributed by atoms with van der Waals surface area (Å²) in [4.78, 5) is 35.2. The van der Waals surface area contributed by atoms with Crippen molar-refractivity contribution in [3.05, 3.63) is 40.3 Å². The molecular formula is C16H19N3O4. The number of hydrogen-bond donors (Lipinski definition) is 3. The van der Waals surface area contributed by atoms with Crippen molar-refractivity contribution in [2.24, 2.45) is 5.92 Å². The van der Waals surface area contributed by atoms with Crippen LogP contribution < -0.4 is 10.9 Å². The van der Waals surface area contributed by atoms with Crippen LogP contribution in [0.15, 0.2) is 29.1 Å². The SMILES string of the molecule is CC[C@H](C)[C@@H](NC(=O)Cc1n[nH]c(=O)c2ccccc12)C(=O)O. The lowest BCUT2D eigenvalue weighted by molar-refractivity contribution is -0.143. The van der Waals surface area contributed by atoms with Crippen LogP contribution in [0.4, 0.5) is 0 Å². The first-order chi connectivity index (χ1) is 10.9. The van der Waals surface area contributed by atoms with E-state index in [1.807, 2.05) is 6.92 Å². The number of aliphatic carboxylic acids is 1. The third-order valence-corrected chi connectivity index (χ3v) is 3.90. The molecule has 0 spiro atoms. The highest BCUT2D eigenvalue weighted by atomic mass is 16.4. The van der Waals surface area contributed by atoms with E-state index < -0.39 is 17.9 Å². The lowest BCUT2D eigenvalue weighted by atomic mass is 9.99. The number of fused-ring (bicyclic) bond motifs is 1. The molecule has 0 saturated carbocycles. The summed E-state index contributed by atoms with van der Waals surface area (Å²) in [5.74, 6) is -1.69. The second-order valence-electron chi connectivity index (χ2n) is 5.49. The Morgan fingerprint density at radius 2 is 1.96 bits per heavy atom. The molecule has 0 aliphatic carbocycles. The number of nitrogens with zero attached hydrogens (tertiary/aromatic N) is 1. The molecule has 1 aromatic heterocycles. The van der Waals surface area contributed by atoms with Gasteiger partial charge in [0.05, 0.1) is 17.5 Å². The Labute approximate surface area is 132 Å². The Kier molecular flexibility index (Phi) is 5.10. The molecule has 7 heteroatoms. The van der Waals surface area contributed by atoms with E-state index in [9.17, 15) is 19.5 Å². The number of aromatic amines is 1. The van der Waals surface area contributed by atoms with Gasteiger partial charge in [-0.3, -0.25) is 9.59 Å². The van der Waals surface area contributed by atoms with Gasteiger partial charge in [-0.05, 0) is 12.0 Å². The zero-order valence-corrected chi connectivity index (χ0v) is 13.0. The first-order valence-electron chi connectivity index (χ1n) is 7.42. The standard InChI is InChI=1S/C16H19N3O4/c1-3-9(2)14(16(22)23)17-13(20)8-12-10-6-4-5-7-11(10)15(21)19-18-12/h4-7,9,14H,3,8H2,1-2H3,(H,17,20)(H,19,21)(H,22,23)/t9-,14+/m0/s1. The van der Waals surface area contributed by atoms with E-state index in [1.165, 1.54) is 0 Å². The lowest BCUT2D eigenvalue weighted by Crippen LogP contribution is -2.45. The molecule has 0 unspecified atom stereocenters. The van der Waals surface area contributed by atoms with E-state index in [2.05, 4.69) is 15.5 Å². The van der Waals surface area contributed by atoms with Crippen molar-refractivity contribution in [2.75, 3.05) is 0 Å². The van der Waals surface area contributed by atoms with Crippen molar-refractivity contribution in [1.29, 1.82) is 0 Å². The quantitative estimate of drug-likeness (QED) is 0.738. The van der Waals surface area contributed by atoms with Crippen molar-refractivity contribution in [3.63, 3.8) is 0 Å². The summed E-state index contributed by atoms with van der Waals surface area (Å²) in [6.45, 7) is 3.64. The second-order valence-corrected chi connectivity index (χ2v) is 5.49. The van der Waals surface area contributed by atoms with Crippen LogP contribution in [0.2, 0.25) is 0 Å². The minimum Gasteiger partial charge on any atom is -0.480 e. The number of carboxylic acids is 1. The second kappa shape index (κ2) is 7.04. The van der Waals surface area contributed by atoms with Gasteiger partial charge in [0.2, 0.25) is 5.91 Å². The molecule has 0 bridgehead atoms. The van der Waals surface area contributed by atoms with E-state index in [0.717, 1.165) is 0 Å². The third-order valence-electron chi connectivity index (χ3n) is 3.90. The Morgan fingerprint density at radius 3 is 2.57 bits per heavy atom. The lowest BCUT2D eigenvalue weighted by Gasteiger charge is -2.20. The zero-order valence-electron chi connectivity index (χ0n) is 13.0. The van der Waals surface area contributed by atoms with E-state index in [-0.39, 0.29) is 17.9 Å². The molecule has 1 heterocycles. The number of amides is 1. The Morgan fingerprint density at radius 1 is 1.30 bits per heavy atom. The molecule has 0 fully saturated rings. The summed E-state index contributed by atoms with van der Waals surface area (Å²) in [5.41, 5.74) is 0.0822. The molecule has 23 heavy (non-hydrogen) atoms. The molecule has 0 aliphatic heterocycles. The number of carbonyl (C=O) groups is 2. The minimum absolute atomic E-state index is 0.0997. The first kappa shape index (κ1) is 16.7. The van der Waals surface area contributed by atoms with Crippen molar-refractivity contribution in [3.8, 4) is 0 Å². The fourth-order valence-corrected chi connectivity index (χ4v) is 2.37. The number of carboxylic acid groups (broad SMARTS) is 1. The van der Waals surface area contributed by atoms with Gasteiger partial charge < -0.3 is 10.4 Å². The van der Waals surface area contributed by atoms with Gasteiger partial charge in [-0.15, -0.1) is 0 Å². The fourth-order valence-electron chi connectivity index (χ4n) is 2.37. The van der Waals surface area contributed by atoms with Crippen LogP contribution >= 0.6 is 0 Å². The number of carbonyl (C=O) groups excluding carboxylic acids is 1. The van der Waals surface area contributed by atoms with Gasteiger partial charge in [0.25, 0.3) is 5.56 Å². The molecule has 7 nitrogen and oxygen atoms in total. The highest BCUT2D eigenvalue weighted by Gasteiger charge is 2.25. The van der Waals surface area contributed by atoms with Crippen molar-refractivity contribution < 1.29 is 14.7 Å². The average Bonchev–Trinajstić information content (AvgIpc) is 2.54. The summed E-state index contributed by atoms with van der Waals surface area (Å²) in [6.07, 6.45) is 0.536. The normalized spacial score (nSPS) is 13.5. The molecule has 0 saturated heterocycles. The van der Waals surface area contributed by atoms with E-state index >= 15 is 0 Å². The number of rotatable bonds is 6. The maximum Gasteiger partial charge on any atom is 0.326 e. The molecule has 2 aromatic rings. The van der Waals surface area contributed by atoms with Crippen LogP contribution in [0.3, 0.4) is 0 Å². The highest BCUT2D eigenvalue weighted by molar-refractivity contribution is 5.90. The zero-order chi connectivity index (χ0) is 17.0. The van der Waals surface area contributed by atoms with Gasteiger partial charge >= 0.3 is 5.97 Å². The number of nitrogens with one attached hydrogen (secondary N) is 2. The Hall–Kier alpha value is -2.70. The molecule has 1 amide bonds. The van der Waals surface area contributed by atoms with Gasteiger partial charge in [-0.25, -0.2) is 9.89 Å². The highest BCUT2D eigenvalue weighted by Crippen LogP contribution is 2.13. The molecule has 0 radical (unpaired) electrons. The fraction of sp³-hybridized carbons (Fsp3) is 0.375. The van der Waals surface area contributed by atoms with Gasteiger partial charge in [0.1, 0.15) is 6.04 Å².